The van der Waals surface area contributed by atoms with Crippen LogP contribution in [0.15, 0.2) is 48.7 Å². The van der Waals surface area contributed by atoms with E-state index in [2.05, 4.69) is 10.3 Å². The fourth-order valence-electron chi connectivity index (χ4n) is 3.02. The van der Waals surface area contributed by atoms with Crippen LogP contribution in [-0.2, 0) is 11.3 Å². The molecular weight excluding hydrogens is 333 g/mol. The number of hydrogen-bond acceptors (Lipinski definition) is 3. The normalized spacial score (nSPS) is 16.3. The van der Waals surface area contributed by atoms with Gasteiger partial charge < -0.3 is 15.0 Å². The Bertz CT molecular complexity index is 701. The minimum absolute atomic E-state index is 0.0926. The maximum atomic E-state index is 13.0. The third-order valence-electron chi connectivity index (χ3n) is 4.63. The molecule has 138 valence electrons. The van der Waals surface area contributed by atoms with Crippen molar-refractivity contribution in [3.63, 3.8) is 0 Å². The van der Waals surface area contributed by atoms with Crippen molar-refractivity contribution in [1.29, 1.82) is 0 Å². The highest BCUT2D eigenvalue weighted by Gasteiger charge is 2.24. The van der Waals surface area contributed by atoms with Gasteiger partial charge in [0.2, 0.25) is 0 Å². The summed E-state index contributed by atoms with van der Waals surface area (Å²) in [6, 6.07) is 11.7. The number of carbonyl (C=O) groups is 1. The summed E-state index contributed by atoms with van der Waals surface area (Å²) in [6.45, 7) is 3.72. The molecule has 3 rings (SSSR count). The van der Waals surface area contributed by atoms with Crippen LogP contribution in [0.2, 0.25) is 0 Å². The molecule has 1 unspecified atom stereocenters. The number of rotatable bonds is 5. The van der Waals surface area contributed by atoms with E-state index < -0.39 is 0 Å². The SMILES string of the molecule is CC(NC(=O)N1CCC(OCc2ccccn2)CC1)c1ccc(F)cc1. The van der Waals surface area contributed by atoms with Gasteiger partial charge in [-0.3, -0.25) is 4.98 Å². The minimum atomic E-state index is -0.278. The van der Waals surface area contributed by atoms with Crippen LogP contribution < -0.4 is 5.32 Å². The van der Waals surface area contributed by atoms with E-state index in [-0.39, 0.29) is 24.0 Å². The minimum Gasteiger partial charge on any atom is -0.372 e. The van der Waals surface area contributed by atoms with Gasteiger partial charge in [0, 0.05) is 19.3 Å². The molecule has 1 N–H and O–H groups in total. The lowest BCUT2D eigenvalue weighted by Crippen LogP contribution is -2.46. The molecule has 0 spiro atoms. The van der Waals surface area contributed by atoms with Crippen LogP contribution >= 0.6 is 0 Å². The van der Waals surface area contributed by atoms with E-state index >= 15 is 0 Å². The quantitative estimate of drug-likeness (QED) is 0.888. The van der Waals surface area contributed by atoms with Gasteiger partial charge in [0.1, 0.15) is 5.82 Å². The number of urea groups is 1. The second-order valence-corrected chi connectivity index (χ2v) is 6.54. The fraction of sp³-hybridized carbons (Fsp3) is 0.400. The average Bonchev–Trinajstić information content (AvgIpc) is 2.68. The van der Waals surface area contributed by atoms with Gasteiger partial charge in [-0.25, -0.2) is 9.18 Å². The fourth-order valence-corrected chi connectivity index (χ4v) is 3.02. The third kappa shape index (κ3) is 5.02. The van der Waals surface area contributed by atoms with E-state index in [9.17, 15) is 9.18 Å². The number of likely N-dealkylation sites (tertiary alicyclic amines) is 1. The number of carbonyl (C=O) groups excluding carboxylic acids is 1. The second-order valence-electron chi connectivity index (χ2n) is 6.54. The molecule has 1 atom stereocenters. The molecule has 2 amide bonds. The molecule has 1 aromatic heterocycles. The van der Waals surface area contributed by atoms with E-state index in [0.717, 1.165) is 24.1 Å². The Kier molecular flexibility index (Phi) is 6.17. The molecule has 6 heteroatoms. The van der Waals surface area contributed by atoms with Gasteiger partial charge in [-0.15, -0.1) is 0 Å². The van der Waals surface area contributed by atoms with Gasteiger partial charge >= 0.3 is 6.03 Å². The highest BCUT2D eigenvalue weighted by atomic mass is 19.1. The molecular formula is C20H24FN3O2. The Morgan fingerprint density at radius 2 is 2.00 bits per heavy atom. The van der Waals surface area contributed by atoms with Crippen LogP contribution in [0.25, 0.3) is 0 Å². The molecule has 0 saturated carbocycles. The van der Waals surface area contributed by atoms with Crippen LogP contribution in [-0.4, -0.2) is 35.1 Å². The first-order valence-electron chi connectivity index (χ1n) is 8.94. The summed E-state index contributed by atoms with van der Waals surface area (Å²) >= 11 is 0. The van der Waals surface area contributed by atoms with Crippen molar-refractivity contribution in [2.24, 2.45) is 0 Å². The van der Waals surface area contributed by atoms with Crippen molar-refractivity contribution in [2.75, 3.05) is 13.1 Å². The number of ether oxygens (including phenoxy) is 1. The molecule has 5 nitrogen and oxygen atoms in total. The van der Waals surface area contributed by atoms with Gasteiger partial charge in [0.15, 0.2) is 0 Å². The molecule has 0 aliphatic carbocycles. The number of benzene rings is 1. The van der Waals surface area contributed by atoms with E-state index in [1.54, 1.807) is 23.2 Å². The van der Waals surface area contributed by atoms with Crippen molar-refractivity contribution >= 4 is 6.03 Å². The molecule has 1 aliphatic heterocycles. The Morgan fingerprint density at radius 1 is 1.27 bits per heavy atom. The Labute approximate surface area is 153 Å². The molecule has 1 saturated heterocycles. The van der Waals surface area contributed by atoms with Crippen molar-refractivity contribution < 1.29 is 13.9 Å². The maximum absolute atomic E-state index is 13.0. The topological polar surface area (TPSA) is 54.5 Å². The zero-order chi connectivity index (χ0) is 18.4. The number of pyridine rings is 1. The van der Waals surface area contributed by atoms with Crippen LogP contribution in [0.5, 0.6) is 0 Å². The van der Waals surface area contributed by atoms with Crippen molar-refractivity contribution in [3.8, 4) is 0 Å². The molecule has 0 bridgehead atoms. The number of nitrogens with zero attached hydrogens (tertiary/aromatic N) is 2. The summed E-state index contributed by atoms with van der Waals surface area (Å²) in [5, 5.41) is 2.97. The van der Waals surface area contributed by atoms with Crippen molar-refractivity contribution in [2.45, 2.75) is 38.5 Å². The largest absolute Gasteiger partial charge is 0.372 e. The lowest BCUT2D eigenvalue weighted by atomic mass is 10.1. The summed E-state index contributed by atoms with van der Waals surface area (Å²) < 4.78 is 18.9. The summed E-state index contributed by atoms with van der Waals surface area (Å²) in [6.07, 6.45) is 3.53. The predicted octanol–water partition coefficient (Wildman–Crippen LogP) is 3.67. The van der Waals surface area contributed by atoms with E-state index in [1.807, 2.05) is 25.1 Å². The molecule has 1 fully saturated rings. The number of nitrogens with one attached hydrogen (secondary N) is 1. The zero-order valence-electron chi connectivity index (χ0n) is 14.9. The molecule has 1 aliphatic rings. The molecule has 2 heterocycles. The van der Waals surface area contributed by atoms with Crippen LogP contribution in [0.1, 0.15) is 37.1 Å². The second kappa shape index (κ2) is 8.76. The van der Waals surface area contributed by atoms with Gasteiger partial charge in [0.05, 0.1) is 24.4 Å². The van der Waals surface area contributed by atoms with Crippen molar-refractivity contribution in [1.82, 2.24) is 15.2 Å². The van der Waals surface area contributed by atoms with Crippen LogP contribution in [0, 0.1) is 5.82 Å². The van der Waals surface area contributed by atoms with Crippen LogP contribution in [0.3, 0.4) is 0 Å². The van der Waals surface area contributed by atoms with Gasteiger partial charge in [-0.2, -0.15) is 0 Å². The Hall–Kier alpha value is -2.47. The smallest absolute Gasteiger partial charge is 0.317 e. The number of hydrogen-bond donors (Lipinski definition) is 1. The third-order valence-corrected chi connectivity index (χ3v) is 4.63. The first-order valence-corrected chi connectivity index (χ1v) is 8.94. The average molecular weight is 357 g/mol. The number of halogens is 1. The Balaban J connectivity index is 1.42. The number of amides is 2. The summed E-state index contributed by atoms with van der Waals surface area (Å²) in [5.41, 5.74) is 1.80. The Morgan fingerprint density at radius 3 is 2.65 bits per heavy atom. The summed E-state index contributed by atoms with van der Waals surface area (Å²) in [7, 11) is 0. The first-order chi connectivity index (χ1) is 12.6. The van der Waals surface area contributed by atoms with Gasteiger partial charge in [-0.1, -0.05) is 18.2 Å². The summed E-state index contributed by atoms with van der Waals surface area (Å²) in [4.78, 5) is 18.5. The lowest BCUT2D eigenvalue weighted by molar-refractivity contribution is 0.00293. The van der Waals surface area contributed by atoms with E-state index in [1.165, 1.54) is 12.1 Å². The van der Waals surface area contributed by atoms with E-state index in [0.29, 0.717) is 19.7 Å². The molecule has 26 heavy (non-hydrogen) atoms. The monoisotopic (exact) mass is 357 g/mol. The van der Waals surface area contributed by atoms with Crippen molar-refractivity contribution in [3.05, 3.63) is 65.7 Å². The number of aromatic nitrogens is 1. The van der Waals surface area contributed by atoms with Gasteiger partial charge in [0.25, 0.3) is 0 Å². The summed E-state index contributed by atoms with van der Waals surface area (Å²) in [5.74, 6) is -0.278. The maximum Gasteiger partial charge on any atom is 0.317 e. The predicted molar refractivity (Wildman–Crippen MR) is 97.0 cm³/mol. The molecule has 2 aromatic rings. The van der Waals surface area contributed by atoms with E-state index in [4.69, 9.17) is 4.74 Å². The zero-order valence-corrected chi connectivity index (χ0v) is 14.9. The highest BCUT2D eigenvalue weighted by molar-refractivity contribution is 5.74. The standard InChI is InChI=1S/C20H24FN3O2/c1-15(16-5-7-17(21)8-6-16)23-20(25)24-12-9-19(10-13-24)26-14-18-4-2-3-11-22-18/h2-8,11,15,19H,9-10,12-14H2,1H3,(H,23,25). The molecule has 0 radical (unpaired) electrons. The lowest BCUT2D eigenvalue weighted by Gasteiger charge is -2.32. The number of piperidine rings is 1. The van der Waals surface area contributed by atoms with Gasteiger partial charge in [-0.05, 0) is 49.6 Å². The highest BCUT2D eigenvalue weighted by Crippen LogP contribution is 2.17. The van der Waals surface area contributed by atoms with Crippen LogP contribution in [0.4, 0.5) is 9.18 Å². The molecule has 1 aromatic carbocycles. The first kappa shape index (κ1) is 18.3.